The van der Waals surface area contributed by atoms with Gasteiger partial charge < -0.3 is 19.1 Å². The van der Waals surface area contributed by atoms with E-state index in [1.807, 2.05) is 54.6 Å². The summed E-state index contributed by atoms with van der Waals surface area (Å²) in [6.07, 6.45) is 1.69. The number of thioether (sulfide) groups is 1. The molecule has 8 nitrogen and oxygen atoms in total. The summed E-state index contributed by atoms with van der Waals surface area (Å²) in [6, 6.07) is 35.8. The van der Waals surface area contributed by atoms with Crippen molar-refractivity contribution < 1.29 is 19.4 Å². The Hall–Kier alpha value is -5.54. The van der Waals surface area contributed by atoms with Crippen molar-refractivity contribution in [1.82, 2.24) is 19.7 Å². The molecular weight excluding hydrogens is 584 g/mol. The second-order valence-electron chi connectivity index (χ2n) is 10.2. The lowest BCUT2D eigenvalue weighted by Gasteiger charge is -2.15. The van der Waals surface area contributed by atoms with Gasteiger partial charge in [-0.05, 0) is 66.2 Å². The number of aromatic nitrogens is 4. The molecule has 0 spiro atoms. The van der Waals surface area contributed by atoms with Crippen LogP contribution in [0.15, 0.2) is 119 Å². The van der Waals surface area contributed by atoms with E-state index in [4.69, 9.17) is 9.47 Å². The number of carboxylic acid groups (broad SMARTS) is 1. The molecule has 2 aromatic heterocycles. The number of aromatic amines is 1. The predicted molar refractivity (Wildman–Crippen MR) is 178 cm³/mol. The van der Waals surface area contributed by atoms with Crippen LogP contribution >= 0.6 is 11.8 Å². The van der Waals surface area contributed by atoms with E-state index in [1.165, 1.54) is 0 Å². The van der Waals surface area contributed by atoms with Gasteiger partial charge >= 0.3 is 5.97 Å². The number of carboxylic acids is 1. The summed E-state index contributed by atoms with van der Waals surface area (Å²) in [5.74, 6) is 0.572. The summed E-state index contributed by atoms with van der Waals surface area (Å²) in [5, 5.41) is 17.9. The first kappa shape index (κ1) is 29.5. The van der Waals surface area contributed by atoms with E-state index in [0.29, 0.717) is 22.9 Å². The van der Waals surface area contributed by atoms with E-state index >= 15 is 0 Å². The number of nitrogens with zero attached hydrogens (tertiary/aromatic N) is 3. The van der Waals surface area contributed by atoms with Gasteiger partial charge in [-0.25, -0.2) is 9.78 Å². The minimum Gasteiger partial charge on any atom is -0.497 e. The number of hydrogen-bond acceptors (Lipinski definition) is 6. The lowest BCUT2D eigenvalue weighted by Crippen LogP contribution is -2.01. The van der Waals surface area contributed by atoms with Gasteiger partial charge in [-0.1, -0.05) is 78.4 Å². The van der Waals surface area contributed by atoms with Crippen LogP contribution in [0.25, 0.3) is 45.7 Å². The molecule has 4 aromatic carbocycles. The molecule has 0 bridgehead atoms. The maximum atomic E-state index is 12.7. The van der Waals surface area contributed by atoms with Crippen molar-refractivity contribution in [2.24, 2.45) is 0 Å². The van der Waals surface area contributed by atoms with Crippen molar-refractivity contribution in [2.45, 2.75) is 12.1 Å². The fraction of sp³-hybridized carbons (Fsp3) is 0.0833. The Morgan fingerprint density at radius 1 is 0.822 bits per heavy atom. The van der Waals surface area contributed by atoms with Crippen molar-refractivity contribution in [3.05, 3.63) is 125 Å². The van der Waals surface area contributed by atoms with E-state index in [2.05, 4.69) is 63.1 Å². The first-order chi connectivity index (χ1) is 21.9. The number of aliphatic carboxylic acids is 1. The van der Waals surface area contributed by atoms with E-state index in [-0.39, 0.29) is 10.1 Å². The third kappa shape index (κ3) is 6.39. The van der Waals surface area contributed by atoms with Crippen LogP contribution in [0, 0.1) is 6.92 Å². The number of benzene rings is 4. The molecule has 0 unspecified atom stereocenters. The molecule has 0 aliphatic rings. The number of nitrogens with one attached hydrogen (secondary N) is 1. The van der Waals surface area contributed by atoms with Gasteiger partial charge in [-0.3, -0.25) is 5.10 Å². The molecule has 0 radical (unpaired) electrons. The van der Waals surface area contributed by atoms with Crippen LogP contribution in [0.2, 0.25) is 0 Å². The van der Waals surface area contributed by atoms with Crippen molar-refractivity contribution in [1.29, 1.82) is 0 Å². The number of rotatable bonds is 10. The summed E-state index contributed by atoms with van der Waals surface area (Å²) in [5.41, 5.74) is 7.33. The van der Waals surface area contributed by atoms with Gasteiger partial charge in [0.1, 0.15) is 16.4 Å². The van der Waals surface area contributed by atoms with Crippen LogP contribution < -0.4 is 9.47 Å². The summed E-state index contributed by atoms with van der Waals surface area (Å²) < 4.78 is 12.9. The number of hydrogen-bond donors (Lipinski definition) is 2. The van der Waals surface area contributed by atoms with Gasteiger partial charge in [-0.2, -0.15) is 0 Å². The maximum absolute atomic E-state index is 12.7. The zero-order chi connectivity index (χ0) is 31.3. The third-order valence-corrected chi connectivity index (χ3v) is 8.11. The van der Waals surface area contributed by atoms with Crippen LogP contribution in [0.5, 0.6) is 11.5 Å². The highest BCUT2D eigenvalue weighted by Gasteiger charge is 2.22. The van der Waals surface area contributed by atoms with Crippen LogP contribution in [0.4, 0.5) is 0 Å². The first-order valence-corrected chi connectivity index (χ1v) is 15.0. The van der Waals surface area contributed by atoms with Crippen LogP contribution in [-0.2, 0) is 4.79 Å². The van der Waals surface area contributed by atoms with E-state index < -0.39 is 5.97 Å². The molecule has 0 aliphatic heterocycles. The maximum Gasteiger partial charge on any atom is 0.342 e. The third-order valence-electron chi connectivity index (χ3n) is 7.23. The van der Waals surface area contributed by atoms with Crippen LogP contribution in [-0.4, -0.2) is 45.0 Å². The molecule has 45 heavy (non-hydrogen) atoms. The Labute approximate surface area is 265 Å². The zero-order valence-electron chi connectivity index (χ0n) is 24.9. The number of ether oxygens (including phenoxy) is 2. The molecule has 0 fully saturated rings. The van der Waals surface area contributed by atoms with Gasteiger partial charge in [0.2, 0.25) is 5.16 Å². The Kier molecular flexibility index (Phi) is 8.52. The van der Waals surface area contributed by atoms with E-state index in [9.17, 15) is 9.90 Å². The van der Waals surface area contributed by atoms with Gasteiger partial charge in [-0.15, -0.1) is 5.10 Å². The first-order valence-electron chi connectivity index (χ1n) is 14.2. The molecule has 0 saturated heterocycles. The van der Waals surface area contributed by atoms with Gasteiger partial charge in [0, 0.05) is 22.9 Å². The number of carbonyl (C=O) groups is 1. The van der Waals surface area contributed by atoms with Crippen LogP contribution in [0.3, 0.4) is 0 Å². The molecule has 0 saturated carbocycles. The Bertz CT molecular complexity index is 1960. The minimum atomic E-state index is -1.09. The Morgan fingerprint density at radius 2 is 1.44 bits per heavy atom. The fourth-order valence-corrected chi connectivity index (χ4v) is 5.75. The minimum absolute atomic E-state index is 0.0709. The monoisotopic (exact) mass is 614 g/mol. The highest BCUT2D eigenvalue weighted by molar-refractivity contribution is 8.04. The van der Waals surface area contributed by atoms with E-state index in [0.717, 1.165) is 51.1 Å². The molecular formula is C36H30N4O4S. The summed E-state index contributed by atoms with van der Waals surface area (Å²) in [6.45, 7) is 2.06. The summed E-state index contributed by atoms with van der Waals surface area (Å²) >= 11 is 0.976. The van der Waals surface area contributed by atoms with Gasteiger partial charge in [0.05, 0.1) is 25.6 Å². The molecule has 6 aromatic rings. The van der Waals surface area contributed by atoms with Crippen molar-refractivity contribution in [2.75, 3.05) is 14.2 Å². The lowest BCUT2D eigenvalue weighted by atomic mass is 10.1. The van der Waals surface area contributed by atoms with Crippen LogP contribution in [0.1, 0.15) is 11.1 Å². The fourth-order valence-electron chi connectivity index (χ4n) is 5.05. The predicted octanol–water partition coefficient (Wildman–Crippen LogP) is 8.14. The second-order valence-corrected chi connectivity index (χ2v) is 11.2. The highest BCUT2D eigenvalue weighted by Crippen LogP contribution is 2.39. The summed E-state index contributed by atoms with van der Waals surface area (Å²) in [4.78, 5) is 17.3. The number of aryl methyl sites for hydroxylation is 1. The average molecular weight is 615 g/mol. The molecule has 0 aliphatic carbocycles. The molecule has 2 N–H and O–H groups in total. The quantitative estimate of drug-likeness (QED) is 0.119. The largest absolute Gasteiger partial charge is 0.497 e. The Morgan fingerprint density at radius 3 is 2.04 bits per heavy atom. The highest BCUT2D eigenvalue weighted by atomic mass is 32.2. The average Bonchev–Trinajstić information content (AvgIpc) is 3.70. The summed E-state index contributed by atoms with van der Waals surface area (Å²) in [7, 11) is 3.15. The van der Waals surface area contributed by atoms with Crippen molar-refractivity contribution in [3.8, 4) is 51.1 Å². The number of H-pyrrole nitrogens is 1. The van der Waals surface area contributed by atoms with Crippen molar-refractivity contribution >= 4 is 23.8 Å². The lowest BCUT2D eigenvalue weighted by molar-refractivity contribution is -0.131. The van der Waals surface area contributed by atoms with E-state index in [1.54, 1.807) is 38.5 Å². The Balaban J connectivity index is 1.48. The second kappa shape index (κ2) is 13.0. The standard InChI is InChI=1S/C36H30N4O4S/c1-23-14-16-28(17-15-23)40-31(24-10-6-4-7-11-24)20-26(33(40)25-12-8-5-9-13-25)21-32(35(41)42)45-36-37-34(38-39-36)27-18-29(43-2)22-30(19-27)44-3/h4-22H,1-3H3,(H,41,42)(H,37,38,39)/b32-21-. The molecule has 9 heteroatoms. The SMILES string of the molecule is COc1cc(OC)cc(-c2nc(S/C(=C\c3cc(-c4ccccc4)n(-c4ccc(C)cc4)c3-c3ccccc3)C(=O)O)n[nH]2)c1. The normalized spacial score (nSPS) is 11.4. The topological polar surface area (TPSA) is 102 Å². The molecule has 2 heterocycles. The molecule has 0 atom stereocenters. The van der Waals surface area contributed by atoms with Crippen molar-refractivity contribution in [3.63, 3.8) is 0 Å². The zero-order valence-corrected chi connectivity index (χ0v) is 25.7. The number of methoxy groups -OCH3 is 2. The smallest absolute Gasteiger partial charge is 0.342 e. The molecule has 224 valence electrons. The van der Waals surface area contributed by atoms with Gasteiger partial charge in [0.15, 0.2) is 5.82 Å². The molecule has 6 rings (SSSR count). The molecule has 0 amide bonds. The van der Waals surface area contributed by atoms with Gasteiger partial charge in [0.25, 0.3) is 0 Å².